The van der Waals surface area contributed by atoms with Crippen LogP contribution in [0.25, 0.3) is 0 Å². The predicted molar refractivity (Wildman–Crippen MR) is 74.4 cm³/mol. The molecule has 1 N–H and O–H groups in total. The second-order valence-electron chi connectivity index (χ2n) is 5.27. The molecule has 0 unspecified atom stereocenters. The van der Waals surface area contributed by atoms with Crippen molar-refractivity contribution < 1.29 is 18.7 Å². The number of benzene rings is 1. The van der Waals surface area contributed by atoms with E-state index in [1.54, 1.807) is 0 Å². The van der Waals surface area contributed by atoms with Crippen LogP contribution < -0.4 is 10.1 Å². The summed E-state index contributed by atoms with van der Waals surface area (Å²) in [6.45, 7) is 6.86. The van der Waals surface area contributed by atoms with Gasteiger partial charge in [0.2, 0.25) is 0 Å². The van der Waals surface area contributed by atoms with E-state index < -0.39 is 5.82 Å². The van der Waals surface area contributed by atoms with Gasteiger partial charge < -0.3 is 10.1 Å². The number of carbonyl (C=O) groups is 2. The molecule has 0 saturated carbocycles. The van der Waals surface area contributed by atoms with Crippen LogP contribution in [-0.4, -0.2) is 23.8 Å². The molecular weight excluding hydrogens is 261 g/mol. The first-order chi connectivity index (χ1) is 9.25. The first kappa shape index (κ1) is 16.1. The van der Waals surface area contributed by atoms with E-state index in [1.165, 1.54) is 19.1 Å². The molecule has 1 amide bonds. The zero-order valence-electron chi connectivity index (χ0n) is 12.2. The number of carbonyl (C=O) groups excluding carboxylic acids is 2. The Hall–Kier alpha value is -1.91. The summed E-state index contributed by atoms with van der Waals surface area (Å²) in [5.41, 5.74) is -0.0693. The summed E-state index contributed by atoms with van der Waals surface area (Å²) in [5.74, 6) is -0.980. The summed E-state index contributed by atoms with van der Waals surface area (Å²) in [5, 5.41) is 2.80. The Morgan fingerprint density at radius 2 is 2.00 bits per heavy atom. The Balaban J connectivity index is 2.73. The third-order valence-electron chi connectivity index (χ3n) is 3.04. The molecule has 0 aliphatic rings. The quantitative estimate of drug-likeness (QED) is 0.816. The van der Waals surface area contributed by atoms with Gasteiger partial charge in [-0.25, -0.2) is 4.39 Å². The molecule has 4 nitrogen and oxygen atoms in total. The molecule has 5 heteroatoms. The second kappa shape index (κ2) is 6.50. The minimum absolute atomic E-state index is 0.0851. The number of hydrogen-bond acceptors (Lipinski definition) is 3. The lowest BCUT2D eigenvalue weighted by atomic mass is 10.0. The van der Waals surface area contributed by atoms with Gasteiger partial charge in [-0.1, -0.05) is 6.92 Å². The Bertz CT molecular complexity index is 512. The van der Waals surface area contributed by atoms with Crippen molar-refractivity contribution in [1.82, 2.24) is 5.32 Å². The predicted octanol–water partition coefficient (Wildman–Crippen LogP) is 2.71. The van der Waals surface area contributed by atoms with E-state index in [4.69, 9.17) is 4.74 Å². The Kier molecular flexibility index (Phi) is 5.25. The van der Waals surface area contributed by atoms with Crippen LogP contribution in [0.15, 0.2) is 18.2 Å². The van der Waals surface area contributed by atoms with Gasteiger partial charge in [-0.3, -0.25) is 9.59 Å². The van der Waals surface area contributed by atoms with E-state index in [2.05, 4.69) is 5.32 Å². The lowest BCUT2D eigenvalue weighted by molar-refractivity contribution is -0.124. The topological polar surface area (TPSA) is 55.4 Å². The van der Waals surface area contributed by atoms with Crippen LogP contribution in [0.2, 0.25) is 0 Å². The standard InChI is InChI=1S/C15H20FNO3/c1-5-15(3,4)17-14(19)9-20-13-8-11(16)6-7-12(13)10(2)18/h6-8H,5,9H2,1-4H3,(H,17,19). The molecule has 0 aliphatic heterocycles. The Morgan fingerprint density at radius 3 is 2.55 bits per heavy atom. The molecule has 110 valence electrons. The van der Waals surface area contributed by atoms with Gasteiger partial charge in [-0.05, 0) is 39.3 Å². The SMILES string of the molecule is CCC(C)(C)NC(=O)COc1cc(F)ccc1C(C)=O. The number of nitrogens with one attached hydrogen (secondary N) is 1. The average Bonchev–Trinajstić information content (AvgIpc) is 2.35. The zero-order chi connectivity index (χ0) is 15.3. The number of rotatable bonds is 6. The first-order valence-electron chi connectivity index (χ1n) is 6.49. The maximum Gasteiger partial charge on any atom is 0.258 e. The van der Waals surface area contributed by atoms with E-state index in [-0.39, 0.29) is 35.1 Å². The molecule has 0 aliphatic carbocycles. The molecule has 0 heterocycles. The summed E-state index contributed by atoms with van der Waals surface area (Å²) >= 11 is 0. The average molecular weight is 281 g/mol. The van der Waals surface area contributed by atoms with Crippen molar-refractivity contribution >= 4 is 11.7 Å². The summed E-state index contributed by atoms with van der Waals surface area (Å²) in [7, 11) is 0. The highest BCUT2D eigenvalue weighted by atomic mass is 19.1. The summed E-state index contributed by atoms with van der Waals surface area (Å²) in [6.07, 6.45) is 0.775. The van der Waals surface area contributed by atoms with Gasteiger partial charge in [-0.15, -0.1) is 0 Å². The summed E-state index contributed by atoms with van der Waals surface area (Å²) < 4.78 is 18.4. The van der Waals surface area contributed by atoms with Crippen molar-refractivity contribution in [3.8, 4) is 5.75 Å². The molecule has 0 spiro atoms. The van der Waals surface area contributed by atoms with E-state index >= 15 is 0 Å². The molecule has 1 rings (SSSR count). The van der Waals surface area contributed by atoms with Gasteiger partial charge in [0.1, 0.15) is 11.6 Å². The van der Waals surface area contributed by atoms with Crippen LogP contribution in [-0.2, 0) is 4.79 Å². The fourth-order valence-electron chi connectivity index (χ4n) is 1.55. The van der Waals surface area contributed by atoms with Gasteiger partial charge in [0.05, 0.1) is 5.56 Å². The highest BCUT2D eigenvalue weighted by molar-refractivity contribution is 5.96. The lowest BCUT2D eigenvalue weighted by Crippen LogP contribution is -2.44. The Morgan fingerprint density at radius 1 is 1.35 bits per heavy atom. The number of ketones is 1. The molecule has 0 saturated heterocycles. The van der Waals surface area contributed by atoms with Crippen LogP contribution >= 0.6 is 0 Å². The van der Waals surface area contributed by atoms with Gasteiger partial charge >= 0.3 is 0 Å². The van der Waals surface area contributed by atoms with Gasteiger partial charge in [0.15, 0.2) is 12.4 Å². The third-order valence-corrected chi connectivity index (χ3v) is 3.04. The second-order valence-corrected chi connectivity index (χ2v) is 5.27. The van der Waals surface area contributed by atoms with E-state index in [9.17, 15) is 14.0 Å². The molecule has 0 aromatic heterocycles. The fraction of sp³-hybridized carbons (Fsp3) is 0.467. The molecule has 0 radical (unpaired) electrons. The van der Waals surface area contributed by atoms with Crippen molar-refractivity contribution in [3.63, 3.8) is 0 Å². The maximum atomic E-state index is 13.2. The van der Waals surface area contributed by atoms with Gasteiger partial charge in [0.25, 0.3) is 5.91 Å². The molecular formula is C15H20FNO3. The summed E-state index contributed by atoms with van der Waals surface area (Å²) in [4.78, 5) is 23.1. The van der Waals surface area contributed by atoms with Crippen LogP contribution in [0.3, 0.4) is 0 Å². The van der Waals surface area contributed by atoms with Crippen LogP contribution in [0, 0.1) is 5.82 Å². The number of ether oxygens (including phenoxy) is 1. The molecule has 1 aromatic rings. The fourth-order valence-corrected chi connectivity index (χ4v) is 1.55. The highest BCUT2D eigenvalue weighted by Crippen LogP contribution is 2.20. The number of Topliss-reactive ketones (excluding diaryl/α,β-unsaturated/α-hetero) is 1. The largest absolute Gasteiger partial charge is 0.483 e. The summed E-state index contributed by atoms with van der Waals surface area (Å²) in [6, 6.07) is 3.64. The molecule has 0 atom stereocenters. The maximum absolute atomic E-state index is 13.2. The van der Waals surface area contributed by atoms with Crippen molar-refractivity contribution in [2.45, 2.75) is 39.7 Å². The van der Waals surface area contributed by atoms with Crippen molar-refractivity contribution in [2.75, 3.05) is 6.61 Å². The van der Waals surface area contributed by atoms with Gasteiger partial charge in [0, 0.05) is 11.6 Å². The van der Waals surface area contributed by atoms with E-state index in [1.807, 2.05) is 20.8 Å². The van der Waals surface area contributed by atoms with Crippen molar-refractivity contribution in [1.29, 1.82) is 0 Å². The number of hydrogen-bond donors (Lipinski definition) is 1. The minimum atomic E-state index is -0.515. The van der Waals surface area contributed by atoms with Crippen LogP contribution in [0.4, 0.5) is 4.39 Å². The van der Waals surface area contributed by atoms with Crippen LogP contribution in [0.5, 0.6) is 5.75 Å². The normalized spacial score (nSPS) is 11.1. The number of halogens is 1. The van der Waals surface area contributed by atoms with E-state index in [0.717, 1.165) is 12.5 Å². The lowest BCUT2D eigenvalue weighted by Gasteiger charge is -2.24. The highest BCUT2D eigenvalue weighted by Gasteiger charge is 2.18. The van der Waals surface area contributed by atoms with Crippen molar-refractivity contribution in [3.05, 3.63) is 29.6 Å². The molecule has 0 bridgehead atoms. The monoisotopic (exact) mass is 281 g/mol. The third kappa shape index (κ3) is 4.64. The van der Waals surface area contributed by atoms with Crippen molar-refractivity contribution in [2.24, 2.45) is 0 Å². The van der Waals surface area contributed by atoms with Gasteiger partial charge in [-0.2, -0.15) is 0 Å². The molecule has 20 heavy (non-hydrogen) atoms. The minimum Gasteiger partial charge on any atom is -0.483 e. The smallest absolute Gasteiger partial charge is 0.258 e. The number of amides is 1. The molecule has 1 aromatic carbocycles. The van der Waals surface area contributed by atoms with E-state index in [0.29, 0.717) is 0 Å². The molecule has 0 fully saturated rings. The first-order valence-corrected chi connectivity index (χ1v) is 6.49. The Labute approximate surface area is 118 Å². The van der Waals surface area contributed by atoms with Crippen LogP contribution in [0.1, 0.15) is 44.5 Å². The zero-order valence-corrected chi connectivity index (χ0v) is 12.2.